The molecule has 0 saturated heterocycles. The summed E-state index contributed by atoms with van der Waals surface area (Å²) < 4.78 is 0. The fourth-order valence-electron chi connectivity index (χ4n) is 3.22. The summed E-state index contributed by atoms with van der Waals surface area (Å²) in [7, 11) is 0. The Hall–Kier alpha value is -1.38. The van der Waals surface area contributed by atoms with Crippen LogP contribution in [0.3, 0.4) is 0 Å². The number of rotatable bonds is 0. The molecule has 0 fully saturated rings. The predicted octanol–water partition coefficient (Wildman–Crippen LogP) is 5.89. The van der Waals surface area contributed by atoms with Gasteiger partial charge in [0.1, 0.15) is 0 Å². The van der Waals surface area contributed by atoms with Crippen LogP contribution in [-0.2, 0) is 44.8 Å². The Morgan fingerprint density at radius 3 is 1.79 bits per heavy atom. The van der Waals surface area contributed by atoms with Gasteiger partial charge in [-0.2, -0.15) is 35.7 Å². The zero-order valence-corrected chi connectivity index (χ0v) is 16.9. The summed E-state index contributed by atoms with van der Waals surface area (Å²) in [4.78, 5) is 0. The summed E-state index contributed by atoms with van der Waals surface area (Å²) in [5, 5.41) is 9.82. The van der Waals surface area contributed by atoms with E-state index < -0.39 is 0 Å². The van der Waals surface area contributed by atoms with Crippen LogP contribution in [0.15, 0.2) is 72.8 Å². The maximum Gasteiger partial charge on any atom is 1.00 e. The summed E-state index contributed by atoms with van der Waals surface area (Å²) in [6, 6.07) is 32.5. The third-order valence-corrected chi connectivity index (χ3v) is 4.35. The van der Waals surface area contributed by atoms with Crippen molar-refractivity contribution in [1.29, 1.82) is 0 Å². The van der Waals surface area contributed by atoms with Crippen molar-refractivity contribution < 1.29 is 44.8 Å². The Labute approximate surface area is 171 Å². The SMILES string of the molecule is [Au+].[Au+].[c-]1ccc2cc3cc4cc5ccccc5cc4[c-]c3cc2c1. The maximum atomic E-state index is 3.58. The first kappa shape index (κ1) is 17.4. The molecule has 5 rings (SSSR count). The molecule has 0 amide bonds. The van der Waals surface area contributed by atoms with Crippen molar-refractivity contribution in [3.05, 3.63) is 84.9 Å². The molecule has 0 spiro atoms. The van der Waals surface area contributed by atoms with Gasteiger partial charge in [-0.25, -0.2) is 0 Å². The molecule has 5 aromatic carbocycles. The summed E-state index contributed by atoms with van der Waals surface area (Å²) in [6.07, 6.45) is 0. The molecule has 0 saturated carbocycles. The van der Waals surface area contributed by atoms with Crippen molar-refractivity contribution in [1.82, 2.24) is 0 Å². The minimum absolute atomic E-state index is 0. The number of hydrogen-bond donors (Lipinski definition) is 0. The average molecular weight is 670 g/mol. The Bertz CT molecular complexity index is 992. The zero-order valence-electron chi connectivity index (χ0n) is 12.5. The van der Waals surface area contributed by atoms with E-state index in [9.17, 15) is 0 Å². The smallest absolute Gasteiger partial charge is 0.184 e. The van der Waals surface area contributed by atoms with Crippen LogP contribution in [0.5, 0.6) is 0 Å². The van der Waals surface area contributed by atoms with Crippen molar-refractivity contribution in [3.8, 4) is 0 Å². The van der Waals surface area contributed by atoms with Crippen LogP contribution in [-0.4, -0.2) is 0 Å². The van der Waals surface area contributed by atoms with Gasteiger partial charge in [-0.05, 0) is 5.39 Å². The van der Waals surface area contributed by atoms with E-state index in [1.165, 1.54) is 37.7 Å². The zero-order chi connectivity index (χ0) is 14.5. The van der Waals surface area contributed by atoms with Crippen molar-refractivity contribution in [2.24, 2.45) is 0 Å². The van der Waals surface area contributed by atoms with Gasteiger partial charge in [0, 0.05) is 0 Å². The second-order valence-corrected chi connectivity index (χ2v) is 5.77. The van der Waals surface area contributed by atoms with Gasteiger partial charge in [0.05, 0.1) is 0 Å². The first-order chi connectivity index (χ1) is 10.9. The molecule has 122 valence electrons. The van der Waals surface area contributed by atoms with E-state index in [4.69, 9.17) is 0 Å². The Kier molecular flexibility index (Phi) is 4.98. The fourth-order valence-corrected chi connectivity index (χ4v) is 3.22. The van der Waals surface area contributed by atoms with Crippen LogP contribution in [0.1, 0.15) is 0 Å². The molecule has 24 heavy (non-hydrogen) atoms. The van der Waals surface area contributed by atoms with E-state index >= 15 is 0 Å². The van der Waals surface area contributed by atoms with Gasteiger partial charge in [-0.15, -0.1) is 40.4 Å². The third-order valence-electron chi connectivity index (χ3n) is 4.35. The molecule has 0 heterocycles. The van der Waals surface area contributed by atoms with Crippen molar-refractivity contribution in [3.63, 3.8) is 0 Å². The Balaban J connectivity index is 0.000000845. The van der Waals surface area contributed by atoms with Crippen LogP contribution in [0.2, 0.25) is 0 Å². The molecule has 0 aromatic heterocycles. The van der Waals surface area contributed by atoms with Gasteiger partial charge in [-0.1, -0.05) is 46.5 Å². The number of benzene rings is 5. The molecule has 0 atom stereocenters. The topological polar surface area (TPSA) is 0 Å². The Morgan fingerprint density at radius 1 is 0.542 bits per heavy atom. The van der Waals surface area contributed by atoms with E-state index in [-0.39, 0.29) is 44.8 Å². The van der Waals surface area contributed by atoms with Crippen LogP contribution in [0.4, 0.5) is 0 Å². The Morgan fingerprint density at radius 2 is 1.08 bits per heavy atom. The summed E-state index contributed by atoms with van der Waals surface area (Å²) in [5.74, 6) is 0. The van der Waals surface area contributed by atoms with E-state index in [0.29, 0.717) is 0 Å². The molecule has 0 radical (unpaired) electrons. The number of fused-ring (bicyclic) bond motifs is 4. The molecule has 0 aliphatic heterocycles. The van der Waals surface area contributed by atoms with Crippen LogP contribution in [0.25, 0.3) is 43.1 Å². The fraction of sp³-hybridized carbons (Fsp3) is 0. The van der Waals surface area contributed by atoms with E-state index in [0.717, 1.165) is 5.39 Å². The monoisotopic (exact) mass is 670 g/mol. The molecule has 5 aromatic rings. The van der Waals surface area contributed by atoms with Crippen LogP contribution < -0.4 is 0 Å². The minimum Gasteiger partial charge on any atom is -0.184 e. The van der Waals surface area contributed by atoms with Gasteiger partial charge in [0.25, 0.3) is 0 Å². The predicted molar refractivity (Wildman–Crippen MR) is 94.1 cm³/mol. The molecule has 0 bridgehead atoms. The molecule has 0 aliphatic rings. The first-order valence-electron chi connectivity index (χ1n) is 7.45. The standard InChI is InChI=1S/C22H12.2Au/c1-2-6-16-10-20-14-22-12-18-8-4-3-7-17(18)11-21(22)13-19(20)9-15(16)5-1;;/h1-3,5-13H;;/q-2;2*+1. The quantitative estimate of drug-likeness (QED) is 0.110. The van der Waals surface area contributed by atoms with Gasteiger partial charge >= 0.3 is 44.8 Å². The third kappa shape index (κ3) is 2.87. The number of hydrogen-bond acceptors (Lipinski definition) is 0. The molecule has 0 aliphatic carbocycles. The van der Waals surface area contributed by atoms with E-state index in [1.807, 2.05) is 12.1 Å². The van der Waals surface area contributed by atoms with Crippen molar-refractivity contribution >= 4 is 43.1 Å². The second kappa shape index (κ2) is 6.86. The molecular weight excluding hydrogens is 658 g/mol. The second-order valence-electron chi connectivity index (χ2n) is 5.77. The van der Waals surface area contributed by atoms with E-state index in [1.54, 1.807) is 0 Å². The minimum atomic E-state index is 0. The van der Waals surface area contributed by atoms with Crippen LogP contribution in [0, 0.1) is 12.1 Å². The maximum absolute atomic E-state index is 3.58. The van der Waals surface area contributed by atoms with Gasteiger partial charge < -0.3 is 0 Å². The van der Waals surface area contributed by atoms with Gasteiger partial charge in [0.15, 0.2) is 0 Å². The normalized spacial score (nSPS) is 10.7. The molecular formula is C22H12Au2. The van der Waals surface area contributed by atoms with Crippen LogP contribution >= 0.6 is 0 Å². The molecule has 0 nitrogen and oxygen atoms in total. The largest absolute Gasteiger partial charge is 1.00 e. The summed E-state index contributed by atoms with van der Waals surface area (Å²) in [6.45, 7) is 0. The average Bonchev–Trinajstić information content (AvgIpc) is 2.56. The van der Waals surface area contributed by atoms with E-state index in [2.05, 4.69) is 72.8 Å². The summed E-state index contributed by atoms with van der Waals surface area (Å²) >= 11 is 0. The molecule has 0 N–H and O–H groups in total. The van der Waals surface area contributed by atoms with Gasteiger partial charge in [0.2, 0.25) is 0 Å². The van der Waals surface area contributed by atoms with Gasteiger partial charge in [-0.3, -0.25) is 0 Å². The first-order valence-corrected chi connectivity index (χ1v) is 7.45. The molecule has 2 heteroatoms. The van der Waals surface area contributed by atoms with Crippen molar-refractivity contribution in [2.45, 2.75) is 0 Å². The van der Waals surface area contributed by atoms with Crippen molar-refractivity contribution in [2.75, 3.05) is 0 Å². The molecule has 0 unspecified atom stereocenters. The summed E-state index contributed by atoms with van der Waals surface area (Å²) in [5.41, 5.74) is 0.